The van der Waals surface area contributed by atoms with Gasteiger partial charge in [-0.3, -0.25) is 0 Å². The van der Waals surface area contributed by atoms with E-state index in [2.05, 4.69) is 158 Å². The van der Waals surface area contributed by atoms with Gasteiger partial charge in [0.05, 0.1) is 21.8 Å². The zero-order valence-electron chi connectivity index (χ0n) is 27.5. The Morgan fingerprint density at radius 2 is 1.17 bits per heavy atom. The molecule has 0 saturated carbocycles. The average molecular weight is 654 g/mol. The second-order valence-corrected chi connectivity index (χ2v) is 17.8. The highest BCUT2D eigenvalue weighted by Crippen LogP contribution is 2.53. The molecule has 0 bridgehead atoms. The summed E-state index contributed by atoms with van der Waals surface area (Å²) in [4.78, 5) is 0. The first kappa shape index (κ1) is 31.5. The highest BCUT2D eigenvalue weighted by atomic mass is 32.2. The third kappa shape index (κ3) is 5.84. The number of fused-ring (bicyclic) bond motifs is 3. The molecule has 2 atom stereocenters. The minimum atomic E-state index is -1.34. The lowest BCUT2D eigenvalue weighted by molar-refractivity contribution is 0.413. The van der Waals surface area contributed by atoms with Gasteiger partial charge in [0.1, 0.15) is 11.5 Å². The summed E-state index contributed by atoms with van der Waals surface area (Å²) in [5.41, 5.74) is 4.01. The molecule has 7 rings (SSSR count). The highest BCUT2D eigenvalue weighted by Gasteiger charge is 2.39. The van der Waals surface area contributed by atoms with Crippen molar-refractivity contribution in [3.05, 3.63) is 162 Å². The van der Waals surface area contributed by atoms with Gasteiger partial charge in [0.25, 0.3) is 0 Å². The molecule has 0 radical (unpaired) electrons. The van der Waals surface area contributed by atoms with Crippen LogP contribution in [-0.4, -0.2) is 8.96 Å². The first-order valence-corrected chi connectivity index (χ1v) is 18.6. The Labute approximate surface area is 282 Å². The molecule has 47 heavy (non-hydrogen) atoms. The van der Waals surface area contributed by atoms with Gasteiger partial charge in [-0.1, -0.05) is 153 Å². The normalized spacial score (nSPS) is 15.0. The molecule has 6 aromatic carbocycles. The largest absolute Gasteiger partial charge is 0.456 e. The van der Waals surface area contributed by atoms with E-state index < -0.39 is 23.7 Å². The molecule has 0 spiro atoms. The van der Waals surface area contributed by atoms with Crippen molar-refractivity contribution in [2.75, 3.05) is 0 Å². The Morgan fingerprint density at radius 1 is 0.638 bits per heavy atom. The number of benzene rings is 6. The average Bonchev–Trinajstić information content (AvgIpc) is 3.08. The van der Waals surface area contributed by atoms with Gasteiger partial charge in [-0.15, -0.1) is 0 Å². The Balaban J connectivity index is 1.45. The van der Waals surface area contributed by atoms with Crippen molar-refractivity contribution in [2.45, 2.75) is 50.8 Å². The monoisotopic (exact) mass is 653 g/mol. The number of hydrogen-bond donors (Lipinski definition) is 1. The molecule has 1 unspecified atom stereocenters. The minimum Gasteiger partial charge on any atom is -0.456 e. The van der Waals surface area contributed by atoms with Crippen molar-refractivity contribution in [1.29, 1.82) is 0 Å². The fourth-order valence-electron chi connectivity index (χ4n) is 6.60. The van der Waals surface area contributed by atoms with Crippen molar-refractivity contribution in [2.24, 2.45) is 0 Å². The topological polar surface area (TPSA) is 38.3 Å². The Kier molecular flexibility index (Phi) is 8.39. The van der Waals surface area contributed by atoms with E-state index in [1.807, 2.05) is 20.8 Å². The highest BCUT2D eigenvalue weighted by molar-refractivity contribution is 7.84. The first-order chi connectivity index (χ1) is 22.6. The quantitative estimate of drug-likeness (QED) is 0.175. The van der Waals surface area contributed by atoms with E-state index in [4.69, 9.17) is 4.74 Å². The van der Waals surface area contributed by atoms with Gasteiger partial charge in [-0.05, 0) is 55.6 Å². The molecule has 1 aliphatic heterocycles. The predicted molar refractivity (Wildman–Crippen MR) is 201 cm³/mol. The molecule has 6 aromatic rings. The summed E-state index contributed by atoms with van der Waals surface area (Å²) in [5, 5.41) is 6.02. The van der Waals surface area contributed by atoms with Gasteiger partial charge < -0.3 is 4.74 Å². The lowest BCUT2D eigenvalue weighted by Crippen LogP contribution is -2.37. The van der Waals surface area contributed by atoms with Gasteiger partial charge in [-0.2, -0.15) is 0 Å². The molecule has 1 N–H and O–H groups in total. The summed E-state index contributed by atoms with van der Waals surface area (Å²) in [6.07, 6.45) is 0. The number of ether oxygens (including phenoxy) is 1. The maximum atomic E-state index is 13.9. The van der Waals surface area contributed by atoms with Crippen LogP contribution in [0.4, 0.5) is 0 Å². The molecule has 0 aromatic heterocycles. The van der Waals surface area contributed by atoms with E-state index in [1.54, 1.807) is 0 Å². The van der Waals surface area contributed by atoms with Crippen molar-refractivity contribution in [3.63, 3.8) is 0 Å². The molecule has 1 aliphatic rings. The number of hydrogen-bond acceptors (Lipinski definition) is 2. The van der Waals surface area contributed by atoms with E-state index in [1.165, 1.54) is 21.5 Å². The maximum absolute atomic E-state index is 13.9. The fourth-order valence-corrected chi connectivity index (χ4v) is 9.82. The zero-order chi connectivity index (χ0) is 32.8. The van der Waals surface area contributed by atoms with Crippen molar-refractivity contribution in [1.82, 2.24) is 4.72 Å². The van der Waals surface area contributed by atoms with E-state index in [9.17, 15) is 4.21 Å². The van der Waals surface area contributed by atoms with Crippen molar-refractivity contribution < 1.29 is 8.95 Å². The molecular weight excluding hydrogens is 614 g/mol. The lowest BCUT2D eigenvalue weighted by Gasteiger charge is -2.38. The second-order valence-electron chi connectivity index (χ2n) is 13.6. The van der Waals surface area contributed by atoms with Crippen LogP contribution in [0.15, 0.2) is 140 Å². The maximum Gasteiger partial charge on any atom is 0.139 e. The standard InChI is InChI=1S/C42H40NO2PS/c1-41(2,3)47(44)43-38(33-24-14-18-29-17-12-13-23-32(29)33)34-25-15-26-35-39(34)45-40-36(42(35,4)5)27-16-28-37(40)46(30-19-8-6-9-20-30)31-21-10-7-11-22-31/h6-28,38,43H,1-5H3/t38?,47-/m1/s1. The van der Waals surface area contributed by atoms with Crippen LogP contribution in [0.25, 0.3) is 10.8 Å². The van der Waals surface area contributed by atoms with Gasteiger partial charge in [-0.25, -0.2) is 8.93 Å². The molecule has 3 nitrogen and oxygen atoms in total. The lowest BCUT2D eigenvalue weighted by atomic mass is 9.74. The van der Waals surface area contributed by atoms with Gasteiger partial charge in [0.15, 0.2) is 0 Å². The van der Waals surface area contributed by atoms with Crippen LogP contribution >= 0.6 is 7.92 Å². The third-order valence-corrected chi connectivity index (χ3v) is 13.1. The molecule has 0 saturated heterocycles. The van der Waals surface area contributed by atoms with Crippen LogP contribution in [0.2, 0.25) is 0 Å². The molecular formula is C42H40NO2PS. The van der Waals surface area contributed by atoms with E-state index in [0.717, 1.165) is 39.0 Å². The first-order valence-electron chi connectivity index (χ1n) is 16.2. The smallest absolute Gasteiger partial charge is 0.139 e. The van der Waals surface area contributed by atoms with Crippen LogP contribution in [0.1, 0.15) is 62.9 Å². The minimum absolute atomic E-state index is 0.337. The summed E-state index contributed by atoms with van der Waals surface area (Å²) < 4.78 is 24.2. The number of nitrogens with one attached hydrogen (secondary N) is 1. The molecule has 0 fully saturated rings. The van der Waals surface area contributed by atoms with Crippen molar-refractivity contribution >= 4 is 45.6 Å². The molecule has 236 valence electrons. The molecule has 5 heteroatoms. The molecule has 0 aliphatic carbocycles. The van der Waals surface area contributed by atoms with Crippen molar-refractivity contribution in [3.8, 4) is 11.5 Å². The summed E-state index contributed by atoms with van der Waals surface area (Å²) in [6, 6.07) is 49.1. The Hall–Kier alpha value is -4.08. The Morgan fingerprint density at radius 3 is 1.83 bits per heavy atom. The van der Waals surface area contributed by atoms with Gasteiger partial charge in [0, 0.05) is 27.4 Å². The van der Waals surface area contributed by atoms with Crippen LogP contribution in [0.3, 0.4) is 0 Å². The number of para-hydroxylation sites is 2. The van der Waals surface area contributed by atoms with E-state index in [0.29, 0.717) is 0 Å². The van der Waals surface area contributed by atoms with E-state index >= 15 is 0 Å². The fraction of sp³-hybridized carbons (Fsp3) is 0.190. The van der Waals surface area contributed by atoms with Gasteiger partial charge in [0.2, 0.25) is 0 Å². The van der Waals surface area contributed by atoms with Crippen LogP contribution in [0.5, 0.6) is 11.5 Å². The number of rotatable bonds is 7. The second kappa shape index (κ2) is 12.5. The summed E-state index contributed by atoms with van der Waals surface area (Å²) in [5.74, 6) is 1.76. The molecule has 1 heterocycles. The van der Waals surface area contributed by atoms with Crippen LogP contribution in [-0.2, 0) is 16.4 Å². The Bertz CT molecular complexity index is 2040. The van der Waals surface area contributed by atoms with Crippen LogP contribution in [0, 0.1) is 0 Å². The predicted octanol–water partition coefficient (Wildman–Crippen LogP) is 9.17. The summed E-state index contributed by atoms with van der Waals surface area (Å²) in [7, 11) is -2.24. The van der Waals surface area contributed by atoms with E-state index in [-0.39, 0.29) is 11.5 Å². The molecule has 0 amide bonds. The summed E-state index contributed by atoms with van der Waals surface area (Å²) in [6.45, 7) is 10.6. The third-order valence-electron chi connectivity index (χ3n) is 9.09. The SMILES string of the molecule is CC1(C)c2cccc(C(N[S@](=O)C(C)(C)C)c3cccc4ccccc34)c2Oc2c(P(c3ccccc3)c3ccccc3)cccc21. The van der Waals surface area contributed by atoms with Gasteiger partial charge >= 0.3 is 0 Å². The zero-order valence-corrected chi connectivity index (χ0v) is 29.2. The van der Waals surface area contributed by atoms with Crippen LogP contribution < -0.4 is 25.4 Å². The summed E-state index contributed by atoms with van der Waals surface area (Å²) >= 11 is 0.